The van der Waals surface area contributed by atoms with Gasteiger partial charge in [0.2, 0.25) is 0 Å². The van der Waals surface area contributed by atoms with Crippen LogP contribution in [0.25, 0.3) is 0 Å². The molecule has 0 aliphatic rings. The van der Waals surface area contributed by atoms with E-state index >= 15 is 0 Å². The maximum atomic E-state index is 12.0. The van der Waals surface area contributed by atoms with Crippen LogP contribution in [-0.2, 0) is 0 Å². The number of hydrogen-bond donors (Lipinski definition) is 0. The van der Waals surface area contributed by atoms with Crippen molar-refractivity contribution in [2.75, 3.05) is 0 Å². The first kappa shape index (κ1) is 9.51. The molecule has 1 unspecified atom stereocenters. The van der Waals surface area contributed by atoms with Crippen LogP contribution in [0.4, 0.5) is 17.6 Å². The van der Waals surface area contributed by atoms with E-state index in [1.54, 1.807) is 0 Å². The van der Waals surface area contributed by atoms with Crippen molar-refractivity contribution in [3.8, 4) is 0 Å². The minimum atomic E-state index is -4.32. The Morgan fingerprint density at radius 1 is 1.44 bits per heavy atom. The zero-order valence-electron chi connectivity index (χ0n) is 4.70. The molecule has 0 aromatic rings. The van der Waals surface area contributed by atoms with E-state index in [2.05, 4.69) is 0 Å². The van der Waals surface area contributed by atoms with Gasteiger partial charge in [-0.05, 0) is 0 Å². The molecular weight excluding hydrogens is 252 g/mol. The average molecular weight is 258 g/mol. The van der Waals surface area contributed by atoms with Crippen molar-refractivity contribution in [3.05, 3.63) is 0 Å². The van der Waals surface area contributed by atoms with Crippen molar-refractivity contribution >= 4 is 20.9 Å². The van der Waals surface area contributed by atoms with E-state index in [1.165, 1.54) is 4.97 Å². The van der Waals surface area contributed by atoms with Crippen LogP contribution >= 0.6 is 0 Å². The predicted octanol–water partition coefficient (Wildman–Crippen LogP) is 1.99. The monoisotopic (exact) mass is 260 g/mol. The van der Waals surface area contributed by atoms with Crippen molar-refractivity contribution in [3.63, 3.8) is 0 Å². The van der Waals surface area contributed by atoms with Gasteiger partial charge in [0.25, 0.3) is 0 Å². The Morgan fingerprint density at radius 2 is 1.89 bits per heavy atom. The molecule has 5 heteroatoms. The molecule has 0 nitrogen and oxygen atoms in total. The van der Waals surface area contributed by atoms with Gasteiger partial charge in [-0.3, -0.25) is 0 Å². The second-order valence-corrected chi connectivity index (χ2v) is 4.27. The summed E-state index contributed by atoms with van der Waals surface area (Å²) in [6, 6.07) is 0. The molecule has 0 N–H and O–H groups in total. The molecule has 0 bridgehead atoms. The summed E-state index contributed by atoms with van der Waals surface area (Å²) in [4.78, 5) is 1.52. The summed E-state index contributed by atoms with van der Waals surface area (Å²) in [6.07, 6.45) is -5.58. The third-order valence-corrected chi connectivity index (χ3v) is 2.58. The van der Waals surface area contributed by atoms with Crippen LogP contribution in [0.5, 0.6) is 0 Å². The van der Waals surface area contributed by atoms with Crippen LogP contribution in [0.1, 0.15) is 6.42 Å². The van der Waals surface area contributed by atoms with Crippen LogP contribution in [-0.4, -0.2) is 31.3 Å². The summed E-state index contributed by atoms with van der Waals surface area (Å²) < 4.78 is 44.2. The molecule has 0 spiro atoms. The third-order valence-electron chi connectivity index (χ3n) is 0.648. The van der Waals surface area contributed by atoms with Crippen LogP contribution in [0.3, 0.4) is 0 Å². The molecule has 0 radical (unpaired) electrons. The molecule has 0 aliphatic heterocycles. The fourth-order valence-corrected chi connectivity index (χ4v) is 1.28. The Labute approximate surface area is 60.7 Å². The Morgan fingerprint density at radius 3 is 2.00 bits per heavy atom. The Kier molecular flexibility index (Phi) is 3.83. The standard InChI is InChI=1S/C4H6F4Te/c1-9-3(5)2-4(6,7)8/h3H,2H2,1H3. The topological polar surface area (TPSA) is 0 Å². The molecule has 9 heavy (non-hydrogen) atoms. The summed E-state index contributed by atoms with van der Waals surface area (Å²) in [5.74, 6) is 0. The molecule has 0 aromatic heterocycles. The summed E-state index contributed by atoms with van der Waals surface area (Å²) >= 11 is -1.06. The predicted molar refractivity (Wildman–Crippen MR) is 27.2 cm³/mol. The van der Waals surface area contributed by atoms with Gasteiger partial charge in [0.15, 0.2) is 0 Å². The van der Waals surface area contributed by atoms with Gasteiger partial charge < -0.3 is 0 Å². The van der Waals surface area contributed by atoms with Gasteiger partial charge in [0.1, 0.15) is 0 Å². The third kappa shape index (κ3) is 6.39. The van der Waals surface area contributed by atoms with Gasteiger partial charge in [-0.25, -0.2) is 0 Å². The average Bonchev–Trinajstić information content (AvgIpc) is 1.62. The SMILES string of the molecule is C[Te]C(F)CC(F)(F)F. The molecule has 0 aromatic carbocycles. The van der Waals surface area contributed by atoms with E-state index in [0.29, 0.717) is 0 Å². The molecule has 56 valence electrons. The molecular formula is C4H6F4Te. The zero-order chi connectivity index (χ0) is 7.49. The summed E-state index contributed by atoms with van der Waals surface area (Å²) in [5.41, 5.74) is 0. The Bertz CT molecular complexity index is 79.1. The summed E-state index contributed by atoms with van der Waals surface area (Å²) in [5, 5.41) is 0. The van der Waals surface area contributed by atoms with Gasteiger partial charge in [0, 0.05) is 0 Å². The Balaban J connectivity index is 3.47. The number of alkyl halides is 4. The first-order chi connectivity index (χ1) is 3.95. The van der Waals surface area contributed by atoms with E-state index in [4.69, 9.17) is 0 Å². The van der Waals surface area contributed by atoms with Crippen molar-refractivity contribution < 1.29 is 17.6 Å². The van der Waals surface area contributed by atoms with Crippen molar-refractivity contribution in [2.24, 2.45) is 0 Å². The first-order valence-electron chi connectivity index (χ1n) is 2.19. The van der Waals surface area contributed by atoms with E-state index in [1.807, 2.05) is 0 Å². The molecule has 0 amide bonds. The molecule has 1 atom stereocenters. The fourth-order valence-electron chi connectivity index (χ4n) is 0.265. The quantitative estimate of drug-likeness (QED) is 0.524. The van der Waals surface area contributed by atoms with Crippen LogP contribution in [0.2, 0.25) is 4.97 Å². The number of halogens is 4. The normalized spacial score (nSPS) is 15.7. The first-order valence-corrected chi connectivity index (χ1v) is 5.87. The van der Waals surface area contributed by atoms with Gasteiger partial charge in [-0.1, -0.05) is 0 Å². The molecule has 0 fully saturated rings. The van der Waals surface area contributed by atoms with Crippen LogP contribution in [0, 0.1) is 0 Å². The number of hydrogen-bond acceptors (Lipinski definition) is 0. The second kappa shape index (κ2) is 3.62. The van der Waals surface area contributed by atoms with Gasteiger partial charge in [-0.2, -0.15) is 0 Å². The molecule has 0 saturated carbocycles. The maximum absolute atomic E-state index is 12.0. The van der Waals surface area contributed by atoms with E-state index in [-0.39, 0.29) is 0 Å². The van der Waals surface area contributed by atoms with Crippen LogP contribution in [0.15, 0.2) is 0 Å². The summed E-state index contributed by atoms with van der Waals surface area (Å²) in [7, 11) is 0. The number of rotatable bonds is 2. The van der Waals surface area contributed by atoms with Crippen molar-refractivity contribution in [2.45, 2.75) is 21.8 Å². The van der Waals surface area contributed by atoms with Crippen molar-refractivity contribution in [1.29, 1.82) is 0 Å². The molecule has 0 rings (SSSR count). The fraction of sp³-hybridized carbons (Fsp3) is 1.00. The minimum absolute atomic E-state index is 1.06. The van der Waals surface area contributed by atoms with Gasteiger partial charge in [-0.15, -0.1) is 0 Å². The van der Waals surface area contributed by atoms with Crippen LogP contribution < -0.4 is 0 Å². The molecule has 0 aliphatic carbocycles. The second-order valence-electron chi connectivity index (χ2n) is 1.47. The zero-order valence-corrected chi connectivity index (χ0v) is 7.03. The molecule has 0 heterocycles. The van der Waals surface area contributed by atoms with Gasteiger partial charge >= 0.3 is 60.3 Å². The van der Waals surface area contributed by atoms with Crippen molar-refractivity contribution in [1.82, 2.24) is 0 Å². The molecule has 0 saturated heterocycles. The van der Waals surface area contributed by atoms with Gasteiger partial charge in [0.05, 0.1) is 0 Å². The van der Waals surface area contributed by atoms with E-state index in [0.717, 1.165) is 0 Å². The van der Waals surface area contributed by atoms with E-state index < -0.39 is 37.7 Å². The summed E-state index contributed by atoms with van der Waals surface area (Å²) in [6.45, 7) is 0. The Hall–Kier alpha value is 0.510. The van der Waals surface area contributed by atoms with E-state index in [9.17, 15) is 17.6 Å².